The summed E-state index contributed by atoms with van der Waals surface area (Å²) in [7, 11) is 1.59. The van der Waals surface area contributed by atoms with Crippen LogP contribution in [0.15, 0.2) is 47.5 Å². The number of rotatable bonds is 2. The van der Waals surface area contributed by atoms with Crippen molar-refractivity contribution in [2.24, 2.45) is 0 Å². The molecule has 0 spiro atoms. The summed E-state index contributed by atoms with van der Waals surface area (Å²) in [6.07, 6.45) is 3.14. The van der Waals surface area contributed by atoms with Crippen molar-refractivity contribution in [3.63, 3.8) is 0 Å². The maximum absolute atomic E-state index is 11.4. The SMILES string of the molecule is COc1cccc(-n2cccnc2=O)c1. The molecule has 0 aliphatic heterocycles. The van der Waals surface area contributed by atoms with Crippen LogP contribution in [0.3, 0.4) is 0 Å². The van der Waals surface area contributed by atoms with Crippen molar-refractivity contribution in [1.29, 1.82) is 0 Å². The van der Waals surface area contributed by atoms with Crippen molar-refractivity contribution < 1.29 is 4.74 Å². The normalized spacial score (nSPS) is 9.93. The number of hydrogen-bond donors (Lipinski definition) is 0. The predicted molar refractivity (Wildman–Crippen MR) is 56.4 cm³/mol. The van der Waals surface area contributed by atoms with Crippen LogP contribution in [0.5, 0.6) is 5.75 Å². The Morgan fingerprint density at radius 1 is 1.33 bits per heavy atom. The Hall–Kier alpha value is -2.10. The summed E-state index contributed by atoms with van der Waals surface area (Å²) in [6.45, 7) is 0. The van der Waals surface area contributed by atoms with Crippen molar-refractivity contribution in [3.8, 4) is 11.4 Å². The minimum atomic E-state index is -0.300. The molecule has 0 amide bonds. The molecule has 0 radical (unpaired) electrons. The maximum atomic E-state index is 11.4. The molecule has 1 heterocycles. The van der Waals surface area contributed by atoms with Gasteiger partial charge in [-0.15, -0.1) is 0 Å². The lowest BCUT2D eigenvalue weighted by molar-refractivity contribution is 0.414. The van der Waals surface area contributed by atoms with Crippen LogP contribution in [0.4, 0.5) is 0 Å². The number of methoxy groups -OCH3 is 1. The van der Waals surface area contributed by atoms with Gasteiger partial charge >= 0.3 is 5.69 Å². The Morgan fingerprint density at radius 3 is 2.93 bits per heavy atom. The van der Waals surface area contributed by atoms with Crippen LogP contribution in [0.25, 0.3) is 5.69 Å². The summed E-state index contributed by atoms with van der Waals surface area (Å²) >= 11 is 0. The van der Waals surface area contributed by atoms with Gasteiger partial charge < -0.3 is 4.74 Å². The van der Waals surface area contributed by atoms with E-state index in [9.17, 15) is 4.79 Å². The Bertz CT molecular complexity index is 520. The number of hydrogen-bond acceptors (Lipinski definition) is 3. The quantitative estimate of drug-likeness (QED) is 0.736. The van der Waals surface area contributed by atoms with Gasteiger partial charge in [-0.3, -0.25) is 4.57 Å². The van der Waals surface area contributed by atoms with Crippen molar-refractivity contribution in [1.82, 2.24) is 9.55 Å². The van der Waals surface area contributed by atoms with Crippen LogP contribution >= 0.6 is 0 Å². The predicted octanol–water partition coefficient (Wildman–Crippen LogP) is 1.24. The minimum absolute atomic E-state index is 0.300. The van der Waals surface area contributed by atoms with E-state index in [2.05, 4.69) is 4.98 Å². The zero-order chi connectivity index (χ0) is 10.7. The third-order valence-corrected chi connectivity index (χ3v) is 2.04. The molecule has 2 aromatic rings. The molecule has 0 saturated heterocycles. The molecule has 76 valence electrons. The zero-order valence-corrected chi connectivity index (χ0v) is 8.25. The van der Waals surface area contributed by atoms with E-state index in [1.165, 1.54) is 10.8 Å². The zero-order valence-electron chi connectivity index (χ0n) is 8.25. The van der Waals surface area contributed by atoms with Crippen LogP contribution in [-0.4, -0.2) is 16.7 Å². The largest absolute Gasteiger partial charge is 0.497 e. The average molecular weight is 202 g/mol. The molecule has 0 atom stereocenters. The van der Waals surface area contributed by atoms with E-state index in [1.807, 2.05) is 18.2 Å². The van der Waals surface area contributed by atoms with E-state index in [0.29, 0.717) is 5.75 Å². The molecular weight excluding hydrogens is 192 g/mol. The molecule has 4 heteroatoms. The highest BCUT2D eigenvalue weighted by Gasteiger charge is 1.99. The fourth-order valence-electron chi connectivity index (χ4n) is 1.31. The fourth-order valence-corrected chi connectivity index (χ4v) is 1.31. The van der Waals surface area contributed by atoms with E-state index in [1.54, 1.807) is 25.4 Å². The number of nitrogens with zero attached hydrogens (tertiary/aromatic N) is 2. The lowest BCUT2D eigenvalue weighted by Crippen LogP contribution is -2.19. The maximum Gasteiger partial charge on any atom is 0.352 e. The monoisotopic (exact) mass is 202 g/mol. The van der Waals surface area contributed by atoms with Crippen molar-refractivity contribution >= 4 is 0 Å². The molecule has 0 aliphatic rings. The standard InChI is InChI=1S/C11H10N2O2/c1-15-10-5-2-4-9(8-10)13-7-3-6-12-11(13)14/h2-8H,1H3. The smallest absolute Gasteiger partial charge is 0.352 e. The summed E-state index contributed by atoms with van der Waals surface area (Å²) in [5.74, 6) is 0.711. The van der Waals surface area contributed by atoms with Gasteiger partial charge in [0.15, 0.2) is 0 Å². The Labute approximate surface area is 86.8 Å². The molecule has 0 unspecified atom stereocenters. The number of benzene rings is 1. The second kappa shape index (κ2) is 3.96. The van der Waals surface area contributed by atoms with Crippen LogP contribution in [0, 0.1) is 0 Å². The molecule has 1 aromatic heterocycles. The number of aromatic nitrogens is 2. The van der Waals surface area contributed by atoms with Crippen molar-refractivity contribution in [2.45, 2.75) is 0 Å². The van der Waals surface area contributed by atoms with Crippen LogP contribution in [0.2, 0.25) is 0 Å². The highest BCUT2D eigenvalue weighted by molar-refractivity contribution is 5.38. The van der Waals surface area contributed by atoms with Crippen molar-refractivity contribution in [2.75, 3.05) is 7.11 Å². The third-order valence-electron chi connectivity index (χ3n) is 2.04. The number of ether oxygens (including phenoxy) is 1. The summed E-state index contributed by atoms with van der Waals surface area (Å²) in [5, 5.41) is 0. The van der Waals surface area contributed by atoms with E-state index in [0.717, 1.165) is 5.69 Å². The summed E-state index contributed by atoms with van der Waals surface area (Å²) < 4.78 is 6.54. The first-order chi connectivity index (χ1) is 7.31. The van der Waals surface area contributed by atoms with Crippen LogP contribution < -0.4 is 10.4 Å². The van der Waals surface area contributed by atoms with E-state index >= 15 is 0 Å². The topological polar surface area (TPSA) is 44.1 Å². The molecule has 0 N–H and O–H groups in total. The van der Waals surface area contributed by atoms with Gasteiger partial charge in [-0.1, -0.05) is 6.07 Å². The molecule has 0 fully saturated rings. The molecule has 0 aliphatic carbocycles. The summed E-state index contributed by atoms with van der Waals surface area (Å²) in [4.78, 5) is 15.1. The van der Waals surface area contributed by atoms with Gasteiger partial charge in [-0.25, -0.2) is 9.78 Å². The Kier molecular flexibility index (Phi) is 2.49. The minimum Gasteiger partial charge on any atom is -0.497 e. The Morgan fingerprint density at radius 2 is 2.20 bits per heavy atom. The second-order valence-electron chi connectivity index (χ2n) is 2.97. The van der Waals surface area contributed by atoms with Gasteiger partial charge in [-0.2, -0.15) is 0 Å². The summed E-state index contributed by atoms with van der Waals surface area (Å²) in [5.41, 5.74) is 0.443. The lowest BCUT2D eigenvalue weighted by Gasteiger charge is -2.05. The molecule has 15 heavy (non-hydrogen) atoms. The molecule has 1 aromatic carbocycles. The molecule has 0 saturated carbocycles. The van der Waals surface area contributed by atoms with E-state index in [-0.39, 0.29) is 5.69 Å². The first-order valence-electron chi connectivity index (χ1n) is 4.49. The molecule has 0 bridgehead atoms. The van der Waals surface area contributed by atoms with Gasteiger partial charge in [0.05, 0.1) is 12.8 Å². The second-order valence-corrected chi connectivity index (χ2v) is 2.97. The summed E-state index contributed by atoms with van der Waals surface area (Å²) in [6, 6.07) is 8.97. The van der Waals surface area contributed by atoms with Crippen LogP contribution in [0.1, 0.15) is 0 Å². The van der Waals surface area contributed by atoms with Gasteiger partial charge in [0, 0.05) is 18.5 Å². The third kappa shape index (κ3) is 1.88. The average Bonchev–Trinajstić information content (AvgIpc) is 2.30. The van der Waals surface area contributed by atoms with E-state index < -0.39 is 0 Å². The fraction of sp³-hybridized carbons (Fsp3) is 0.0909. The molecular formula is C11H10N2O2. The first-order valence-corrected chi connectivity index (χ1v) is 4.49. The van der Waals surface area contributed by atoms with E-state index in [4.69, 9.17) is 4.74 Å². The van der Waals surface area contributed by atoms with Gasteiger partial charge in [-0.05, 0) is 18.2 Å². The highest BCUT2D eigenvalue weighted by atomic mass is 16.5. The molecule has 2 rings (SSSR count). The lowest BCUT2D eigenvalue weighted by atomic mass is 10.3. The first kappa shape index (κ1) is 9.45. The Balaban J connectivity index is 2.54. The molecule has 4 nitrogen and oxygen atoms in total. The van der Waals surface area contributed by atoms with Gasteiger partial charge in [0.25, 0.3) is 0 Å². The van der Waals surface area contributed by atoms with Crippen molar-refractivity contribution in [3.05, 3.63) is 53.2 Å². The van der Waals surface area contributed by atoms with Crippen LogP contribution in [-0.2, 0) is 0 Å². The van der Waals surface area contributed by atoms with Gasteiger partial charge in [0.1, 0.15) is 5.75 Å². The van der Waals surface area contributed by atoms with Gasteiger partial charge in [0.2, 0.25) is 0 Å². The highest BCUT2D eigenvalue weighted by Crippen LogP contribution is 2.14.